The normalized spacial score (nSPS) is 36.5. The van der Waals surface area contributed by atoms with Gasteiger partial charge in [-0.1, -0.05) is 18.0 Å². The summed E-state index contributed by atoms with van der Waals surface area (Å²) in [7, 11) is 0. The summed E-state index contributed by atoms with van der Waals surface area (Å²) >= 11 is 7.58. The average molecular weight is 252 g/mol. The quantitative estimate of drug-likeness (QED) is 0.770. The molecule has 0 amide bonds. The Bertz CT molecular complexity index is 447. The number of hydrogen-bond acceptors (Lipinski definition) is 2. The third-order valence-corrected chi connectivity index (χ3v) is 5.55. The van der Waals surface area contributed by atoms with Gasteiger partial charge in [0.1, 0.15) is 0 Å². The highest BCUT2D eigenvalue weighted by molar-refractivity contribution is 7.16. The summed E-state index contributed by atoms with van der Waals surface area (Å²) in [4.78, 5) is 1.28. The van der Waals surface area contributed by atoms with Crippen LogP contribution in [0.25, 0.3) is 0 Å². The Morgan fingerprint density at radius 3 is 2.88 bits per heavy atom. The zero-order valence-corrected chi connectivity index (χ0v) is 10.7. The Kier molecular flexibility index (Phi) is 2.49. The molecule has 2 bridgehead atoms. The van der Waals surface area contributed by atoms with Crippen molar-refractivity contribution in [1.29, 1.82) is 5.26 Å². The highest BCUT2D eigenvalue weighted by Crippen LogP contribution is 2.57. The maximum Gasteiger partial charge on any atom is 0.0931 e. The number of halogens is 1. The second-order valence-corrected chi connectivity index (χ2v) is 7.03. The smallest absolute Gasteiger partial charge is 0.0931 e. The minimum absolute atomic E-state index is 0.0723. The van der Waals surface area contributed by atoms with Crippen LogP contribution in [-0.4, -0.2) is 0 Å². The molecule has 3 unspecified atom stereocenters. The van der Waals surface area contributed by atoms with Crippen LogP contribution in [0.5, 0.6) is 0 Å². The van der Waals surface area contributed by atoms with Crippen LogP contribution in [0.4, 0.5) is 0 Å². The van der Waals surface area contributed by atoms with Crippen LogP contribution in [0.3, 0.4) is 0 Å². The lowest BCUT2D eigenvalue weighted by molar-refractivity contribution is 0.241. The summed E-state index contributed by atoms with van der Waals surface area (Å²) in [6.07, 6.45) is 5.93. The third kappa shape index (κ3) is 1.58. The monoisotopic (exact) mass is 251 g/mol. The summed E-state index contributed by atoms with van der Waals surface area (Å²) in [6.45, 7) is 0. The van der Waals surface area contributed by atoms with E-state index in [1.54, 1.807) is 11.3 Å². The molecule has 2 fully saturated rings. The van der Waals surface area contributed by atoms with Crippen LogP contribution in [0, 0.1) is 28.6 Å². The number of thiophene rings is 1. The molecule has 0 spiro atoms. The molecular formula is C13H14ClNS. The summed E-state index contributed by atoms with van der Waals surface area (Å²) < 4.78 is 0.839. The fourth-order valence-corrected chi connectivity index (χ4v) is 4.81. The third-order valence-electron chi connectivity index (χ3n) is 4.32. The van der Waals surface area contributed by atoms with Gasteiger partial charge in [-0.3, -0.25) is 0 Å². The number of rotatable bonds is 2. The molecule has 0 saturated heterocycles. The maximum atomic E-state index is 9.53. The predicted octanol–water partition coefficient (Wildman–Crippen LogP) is 4.27. The van der Waals surface area contributed by atoms with Crippen molar-refractivity contribution < 1.29 is 0 Å². The lowest BCUT2D eigenvalue weighted by Gasteiger charge is -2.30. The van der Waals surface area contributed by atoms with Crippen LogP contribution < -0.4 is 0 Å². The number of nitriles is 1. The van der Waals surface area contributed by atoms with Crippen LogP contribution in [0.15, 0.2) is 12.1 Å². The van der Waals surface area contributed by atoms with Gasteiger partial charge < -0.3 is 0 Å². The molecule has 3 heteroatoms. The van der Waals surface area contributed by atoms with Crippen LogP contribution in [0.2, 0.25) is 4.34 Å². The Morgan fingerprint density at radius 1 is 1.50 bits per heavy atom. The molecule has 1 nitrogen and oxygen atoms in total. The highest BCUT2D eigenvalue weighted by Gasteiger charge is 2.51. The summed E-state index contributed by atoms with van der Waals surface area (Å²) in [6, 6.07) is 6.66. The minimum Gasteiger partial charge on any atom is -0.198 e. The predicted molar refractivity (Wildman–Crippen MR) is 66.5 cm³/mol. The first-order valence-corrected chi connectivity index (χ1v) is 7.07. The van der Waals surface area contributed by atoms with Crippen molar-refractivity contribution in [3.05, 3.63) is 21.3 Å². The minimum atomic E-state index is -0.0723. The molecule has 0 radical (unpaired) electrons. The zero-order valence-electron chi connectivity index (χ0n) is 9.08. The molecule has 3 rings (SSSR count). The summed E-state index contributed by atoms with van der Waals surface area (Å²) in [5.41, 5.74) is -0.0723. The van der Waals surface area contributed by atoms with Crippen LogP contribution >= 0.6 is 22.9 Å². The first kappa shape index (κ1) is 10.6. The Morgan fingerprint density at radius 2 is 2.38 bits per heavy atom. The largest absolute Gasteiger partial charge is 0.198 e. The van der Waals surface area contributed by atoms with Gasteiger partial charge in [-0.15, -0.1) is 11.3 Å². The van der Waals surface area contributed by atoms with Crippen molar-refractivity contribution >= 4 is 22.9 Å². The van der Waals surface area contributed by atoms with Crippen LogP contribution in [0.1, 0.15) is 30.6 Å². The van der Waals surface area contributed by atoms with Crippen molar-refractivity contribution in [2.75, 3.05) is 0 Å². The lowest BCUT2D eigenvalue weighted by Crippen LogP contribution is -2.28. The summed E-state index contributed by atoms with van der Waals surface area (Å²) in [5.74, 6) is 1.46. The van der Waals surface area contributed by atoms with Gasteiger partial charge in [0.15, 0.2) is 0 Å². The second-order valence-electron chi connectivity index (χ2n) is 5.23. The summed E-state index contributed by atoms with van der Waals surface area (Å²) in [5, 5.41) is 9.53. The Labute approximate surface area is 105 Å². The fourth-order valence-electron chi connectivity index (χ4n) is 3.59. The van der Waals surface area contributed by atoms with Crippen molar-refractivity contribution in [3.8, 4) is 6.07 Å². The van der Waals surface area contributed by atoms with Gasteiger partial charge in [-0.25, -0.2) is 0 Å². The number of hydrogen-bond donors (Lipinski definition) is 0. The van der Waals surface area contributed by atoms with E-state index in [0.717, 1.165) is 23.1 Å². The Hall–Kier alpha value is -0.520. The van der Waals surface area contributed by atoms with E-state index in [-0.39, 0.29) is 5.41 Å². The molecule has 1 aromatic rings. The topological polar surface area (TPSA) is 23.8 Å². The molecule has 0 aliphatic heterocycles. The van der Waals surface area contributed by atoms with Gasteiger partial charge in [0.05, 0.1) is 15.8 Å². The average Bonchev–Trinajstić information content (AvgIpc) is 2.94. The molecule has 16 heavy (non-hydrogen) atoms. The molecule has 1 heterocycles. The molecule has 0 N–H and O–H groups in total. The van der Waals surface area contributed by atoms with E-state index in [0.29, 0.717) is 5.92 Å². The van der Waals surface area contributed by atoms with Crippen molar-refractivity contribution in [2.45, 2.75) is 32.1 Å². The van der Waals surface area contributed by atoms with Gasteiger partial charge >= 0.3 is 0 Å². The van der Waals surface area contributed by atoms with Crippen molar-refractivity contribution in [3.63, 3.8) is 0 Å². The van der Waals surface area contributed by atoms with E-state index < -0.39 is 0 Å². The molecule has 0 aromatic carbocycles. The van der Waals surface area contributed by atoms with E-state index >= 15 is 0 Å². The molecule has 2 saturated carbocycles. The van der Waals surface area contributed by atoms with Crippen molar-refractivity contribution in [1.82, 2.24) is 0 Å². The van der Waals surface area contributed by atoms with E-state index in [9.17, 15) is 5.26 Å². The second kappa shape index (κ2) is 3.75. The number of nitrogens with zero attached hydrogens (tertiary/aromatic N) is 1. The SMILES string of the molecule is N#CC1(Cc2ccc(Cl)s2)CC2CCC1C2. The van der Waals surface area contributed by atoms with Gasteiger partial charge in [0, 0.05) is 11.3 Å². The van der Waals surface area contributed by atoms with Gasteiger partial charge in [0.25, 0.3) is 0 Å². The fraction of sp³-hybridized carbons (Fsp3) is 0.615. The lowest BCUT2D eigenvalue weighted by atomic mass is 9.72. The van der Waals surface area contributed by atoms with Gasteiger partial charge in [-0.2, -0.15) is 5.26 Å². The number of fused-ring (bicyclic) bond motifs is 2. The molecule has 1 aromatic heterocycles. The maximum absolute atomic E-state index is 9.53. The Balaban J connectivity index is 1.85. The van der Waals surface area contributed by atoms with E-state index in [2.05, 4.69) is 12.1 Å². The first-order chi connectivity index (χ1) is 7.72. The van der Waals surface area contributed by atoms with E-state index in [1.165, 1.54) is 24.1 Å². The van der Waals surface area contributed by atoms with Gasteiger partial charge in [-0.05, 0) is 43.2 Å². The zero-order chi connectivity index (χ0) is 11.2. The highest BCUT2D eigenvalue weighted by atomic mass is 35.5. The molecule has 2 aliphatic carbocycles. The molecule has 2 aliphatic rings. The standard InChI is InChI=1S/C13H14ClNS/c14-12-4-3-11(16-12)7-13(8-15)6-9-1-2-10(13)5-9/h3-4,9-10H,1-2,5-7H2. The van der Waals surface area contributed by atoms with Crippen molar-refractivity contribution in [2.24, 2.45) is 17.3 Å². The van der Waals surface area contributed by atoms with E-state index in [1.807, 2.05) is 6.07 Å². The molecular weight excluding hydrogens is 238 g/mol. The van der Waals surface area contributed by atoms with E-state index in [4.69, 9.17) is 11.6 Å². The van der Waals surface area contributed by atoms with Gasteiger partial charge in [0.2, 0.25) is 0 Å². The first-order valence-electron chi connectivity index (χ1n) is 5.87. The van der Waals surface area contributed by atoms with Crippen LogP contribution in [-0.2, 0) is 6.42 Å². The molecule has 84 valence electrons. The molecule has 3 atom stereocenters.